The van der Waals surface area contributed by atoms with E-state index in [1.165, 1.54) is 5.56 Å². The molecule has 1 amide bonds. The fraction of sp³-hybridized carbons (Fsp3) is 0.522. The molecule has 0 spiro atoms. The van der Waals surface area contributed by atoms with Gasteiger partial charge in [0, 0.05) is 12.3 Å². The number of benzene rings is 1. The molecule has 1 fully saturated rings. The maximum Gasteiger partial charge on any atom is 0.356 e. The second kappa shape index (κ2) is 8.80. The Balaban J connectivity index is 1.44. The number of carbonyl (C=O) groups is 2. The van der Waals surface area contributed by atoms with Crippen molar-refractivity contribution in [2.45, 2.75) is 64.8 Å². The number of nitrogens with one attached hydrogen (secondary N) is 1. The summed E-state index contributed by atoms with van der Waals surface area (Å²) < 4.78 is 7.14. The lowest BCUT2D eigenvalue weighted by Crippen LogP contribution is -2.30. The van der Waals surface area contributed by atoms with E-state index in [4.69, 9.17) is 4.74 Å². The lowest BCUT2D eigenvalue weighted by atomic mass is 10.1. The number of aryl methyl sites for hydroxylation is 2. The number of ether oxygens (including phenoxy) is 1. The van der Waals surface area contributed by atoms with Crippen LogP contribution in [0.4, 0.5) is 0 Å². The summed E-state index contributed by atoms with van der Waals surface area (Å²) in [5.41, 5.74) is 3.49. The van der Waals surface area contributed by atoms with Gasteiger partial charge in [-0.2, -0.15) is 5.10 Å². The first kappa shape index (κ1) is 21.1. The number of aromatic nitrogens is 2. The van der Waals surface area contributed by atoms with Gasteiger partial charge in [-0.05, 0) is 58.6 Å². The summed E-state index contributed by atoms with van der Waals surface area (Å²) in [7, 11) is 0. The van der Waals surface area contributed by atoms with Crippen LogP contribution < -0.4 is 5.32 Å². The molecule has 1 aliphatic carbocycles. The Hall–Kier alpha value is -2.63. The molecule has 1 heterocycles. The van der Waals surface area contributed by atoms with Gasteiger partial charge in [-0.1, -0.05) is 29.8 Å². The molecule has 0 atom stereocenters. The first-order valence-corrected chi connectivity index (χ1v) is 10.3. The number of rotatable bonds is 8. The molecule has 1 aliphatic rings. The quantitative estimate of drug-likeness (QED) is 0.544. The molecular formula is C23H31N3O3. The van der Waals surface area contributed by atoms with Gasteiger partial charge in [0.25, 0.3) is 0 Å². The molecule has 1 N–H and O–H groups in total. The first-order valence-electron chi connectivity index (χ1n) is 10.3. The highest BCUT2D eigenvalue weighted by Crippen LogP contribution is 2.40. The highest BCUT2D eigenvalue weighted by Gasteiger charge is 2.31. The number of hydrogen-bond donors (Lipinski definition) is 1. The van der Waals surface area contributed by atoms with Crippen molar-refractivity contribution in [3.63, 3.8) is 0 Å². The Morgan fingerprint density at radius 2 is 1.90 bits per heavy atom. The van der Waals surface area contributed by atoms with Gasteiger partial charge in [0.05, 0.1) is 17.8 Å². The third-order valence-electron chi connectivity index (χ3n) is 4.99. The molecule has 0 saturated heterocycles. The van der Waals surface area contributed by atoms with Crippen molar-refractivity contribution in [3.05, 3.63) is 52.8 Å². The van der Waals surface area contributed by atoms with Gasteiger partial charge in [-0.3, -0.25) is 9.48 Å². The summed E-state index contributed by atoms with van der Waals surface area (Å²) in [5, 5.41) is 7.44. The van der Waals surface area contributed by atoms with Gasteiger partial charge in [0.15, 0.2) is 0 Å². The molecule has 6 heteroatoms. The predicted octanol–water partition coefficient (Wildman–Crippen LogP) is 3.73. The van der Waals surface area contributed by atoms with Crippen LogP contribution in [0.1, 0.15) is 73.3 Å². The molecule has 0 aliphatic heterocycles. The Morgan fingerprint density at radius 3 is 2.52 bits per heavy atom. The predicted molar refractivity (Wildman–Crippen MR) is 112 cm³/mol. The topological polar surface area (TPSA) is 73.2 Å². The monoisotopic (exact) mass is 397 g/mol. The molecule has 1 aromatic heterocycles. The molecule has 156 valence electrons. The number of nitrogens with zero attached hydrogens (tertiary/aromatic N) is 2. The summed E-state index contributed by atoms with van der Waals surface area (Å²) >= 11 is 0. The molecular weight excluding hydrogens is 366 g/mol. The van der Waals surface area contributed by atoms with Crippen LogP contribution in [0.2, 0.25) is 0 Å². The van der Waals surface area contributed by atoms with E-state index in [9.17, 15) is 9.59 Å². The summed E-state index contributed by atoms with van der Waals surface area (Å²) in [5.74, 6) is 0.0311. The van der Waals surface area contributed by atoms with Crippen LogP contribution >= 0.6 is 0 Å². The van der Waals surface area contributed by atoms with Crippen molar-refractivity contribution in [3.8, 4) is 0 Å². The van der Waals surface area contributed by atoms with Gasteiger partial charge in [0.2, 0.25) is 5.91 Å². The SMILES string of the molecule is Cc1ccc(CCC(=O)NCCOC(=O)c2cc(C3CC3)nn2C(C)(C)C)cc1. The summed E-state index contributed by atoms with van der Waals surface area (Å²) in [4.78, 5) is 24.6. The smallest absolute Gasteiger partial charge is 0.356 e. The van der Waals surface area contributed by atoms with E-state index in [1.807, 2.05) is 58.0 Å². The molecule has 1 aromatic carbocycles. The van der Waals surface area contributed by atoms with E-state index < -0.39 is 5.97 Å². The van der Waals surface area contributed by atoms with E-state index in [-0.39, 0.29) is 18.1 Å². The van der Waals surface area contributed by atoms with Crippen LogP contribution in [0.15, 0.2) is 30.3 Å². The van der Waals surface area contributed by atoms with E-state index in [0.29, 0.717) is 31.0 Å². The first-order chi connectivity index (χ1) is 13.7. The third-order valence-corrected chi connectivity index (χ3v) is 4.99. The van der Waals surface area contributed by atoms with Gasteiger partial charge in [-0.25, -0.2) is 4.79 Å². The van der Waals surface area contributed by atoms with Gasteiger partial charge in [-0.15, -0.1) is 0 Å². The molecule has 0 unspecified atom stereocenters. The molecule has 0 radical (unpaired) electrons. The zero-order chi connectivity index (χ0) is 21.0. The lowest BCUT2D eigenvalue weighted by molar-refractivity contribution is -0.121. The average Bonchev–Trinajstić information content (AvgIpc) is 3.41. The zero-order valence-corrected chi connectivity index (χ0v) is 17.8. The molecule has 2 aromatic rings. The Morgan fingerprint density at radius 1 is 1.21 bits per heavy atom. The lowest BCUT2D eigenvalue weighted by Gasteiger charge is -2.21. The van der Waals surface area contributed by atoms with Crippen LogP contribution in [0.25, 0.3) is 0 Å². The molecule has 0 bridgehead atoms. The molecule has 3 rings (SSSR count). The van der Waals surface area contributed by atoms with E-state index >= 15 is 0 Å². The molecule has 29 heavy (non-hydrogen) atoms. The fourth-order valence-corrected chi connectivity index (χ4v) is 3.14. The normalized spacial score (nSPS) is 13.9. The minimum atomic E-state index is -0.395. The second-order valence-corrected chi connectivity index (χ2v) is 8.78. The Labute approximate surface area is 172 Å². The van der Waals surface area contributed by atoms with E-state index in [0.717, 1.165) is 24.1 Å². The van der Waals surface area contributed by atoms with Crippen molar-refractivity contribution in [1.82, 2.24) is 15.1 Å². The minimum absolute atomic E-state index is 0.0441. The number of amides is 1. The van der Waals surface area contributed by atoms with Crippen molar-refractivity contribution in [2.24, 2.45) is 0 Å². The van der Waals surface area contributed by atoms with E-state index in [1.54, 1.807) is 4.68 Å². The van der Waals surface area contributed by atoms with Gasteiger partial charge < -0.3 is 10.1 Å². The van der Waals surface area contributed by atoms with Gasteiger partial charge in [0.1, 0.15) is 12.3 Å². The van der Waals surface area contributed by atoms with Crippen LogP contribution in [-0.4, -0.2) is 34.8 Å². The van der Waals surface area contributed by atoms with Crippen LogP contribution in [-0.2, 0) is 21.5 Å². The van der Waals surface area contributed by atoms with Gasteiger partial charge >= 0.3 is 5.97 Å². The van der Waals surface area contributed by atoms with Crippen molar-refractivity contribution >= 4 is 11.9 Å². The molecule has 1 saturated carbocycles. The molecule has 6 nitrogen and oxygen atoms in total. The largest absolute Gasteiger partial charge is 0.459 e. The van der Waals surface area contributed by atoms with E-state index in [2.05, 4.69) is 10.4 Å². The Kier molecular flexibility index (Phi) is 6.40. The number of hydrogen-bond acceptors (Lipinski definition) is 4. The van der Waals surface area contributed by atoms with Crippen molar-refractivity contribution < 1.29 is 14.3 Å². The Bertz CT molecular complexity index is 858. The maximum absolute atomic E-state index is 12.6. The third kappa shape index (κ3) is 5.92. The summed E-state index contributed by atoms with van der Waals surface area (Å²) in [6.07, 6.45) is 3.37. The number of esters is 1. The van der Waals surface area contributed by atoms with Crippen LogP contribution in [0.3, 0.4) is 0 Å². The highest BCUT2D eigenvalue weighted by molar-refractivity contribution is 5.88. The zero-order valence-electron chi connectivity index (χ0n) is 17.8. The fourth-order valence-electron chi connectivity index (χ4n) is 3.14. The minimum Gasteiger partial charge on any atom is -0.459 e. The second-order valence-electron chi connectivity index (χ2n) is 8.78. The number of carbonyl (C=O) groups excluding carboxylic acids is 2. The average molecular weight is 398 g/mol. The van der Waals surface area contributed by atoms with Crippen molar-refractivity contribution in [1.29, 1.82) is 0 Å². The summed E-state index contributed by atoms with van der Waals surface area (Å²) in [6, 6.07) is 10.0. The summed E-state index contributed by atoms with van der Waals surface area (Å²) in [6.45, 7) is 8.53. The maximum atomic E-state index is 12.6. The van der Waals surface area contributed by atoms with Crippen LogP contribution in [0.5, 0.6) is 0 Å². The van der Waals surface area contributed by atoms with Crippen molar-refractivity contribution in [2.75, 3.05) is 13.2 Å². The van der Waals surface area contributed by atoms with Crippen LogP contribution in [0, 0.1) is 6.92 Å². The highest BCUT2D eigenvalue weighted by atomic mass is 16.5. The standard InChI is InChI=1S/C23H31N3O3/c1-16-5-7-17(8-6-16)9-12-21(27)24-13-14-29-22(28)20-15-19(18-10-11-18)25-26(20)23(2,3)4/h5-8,15,18H,9-14H2,1-4H3,(H,24,27).